The van der Waals surface area contributed by atoms with E-state index >= 15 is 0 Å². The van der Waals surface area contributed by atoms with Gasteiger partial charge in [-0.1, -0.05) is 30.3 Å². The number of fused-ring (bicyclic) bond motifs is 1. The highest BCUT2D eigenvalue weighted by Gasteiger charge is 2.31. The predicted molar refractivity (Wildman–Crippen MR) is 103 cm³/mol. The fraction of sp³-hybridized carbons (Fsp3) is 0.238. The van der Waals surface area contributed by atoms with Gasteiger partial charge in [0, 0.05) is 12.0 Å². The number of rotatable bonds is 2. The molecule has 0 amide bonds. The zero-order valence-electron chi connectivity index (χ0n) is 15.3. The number of nitrogens with zero attached hydrogens (tertiary/aromatic N) is 1. The summed E-state index contributed by atoms with van der Waals surface area (Å²) in [5.74, 6) is -0.301. The van der Waals surface area contributed by atoms with Crippen LogP contribution in [0.3, 0.4) is 0 Å². The smallest absolute Gasteiger partial charge is 0.335 e. The van der Waals surface area contributed by atoms with Crippen molar-refractivity contribution >= 4 is 0 Å². The van der Waals surface area contributed by atoms with Gasteiger partial charge >= 0.3 is 5.69 Å². The van der Waals surface area contributed by atoms with Gasteiger partial charge in [-0.15, -0.1) is 0 Å². The summed E-state index contributed by atoms with van der Waals surface area (Å²) < 4.78 is 1.17. The third-order valence-electron chi connectivity index (χ3n) is 5.39. The van der Waals surface area contributed by atoms with E-state index in [0.29, 0.717) is 5.69 Å². The molecular formula is C21H22N3O3+. The second-order valence-electron chi connectivity index (χ2n) is 7.05. The first-order valence-corrected chi connectivity index (χ1v) is 9.04. The highest BCUT2D eigenvalue weighted by molar-refractivity contribution is 5.45. The minimum atomic E-state index is -0.645. The minimum absolute atomic E-state index is 0.208. The summed E-state index contributed by atoms with van der Waals surface area (Å²) in [5, 5.41) is 13.0. The first-order chi connectivity index (χ1) is 13.0. The average molecular weight is 364 g/mol. The lowest BCUT2D eigenvalue weighted by Crippen LogP contribution is -2.87. The van der Waals surface area contributed by atoms with E-state index in [2.05, 4.69) is 4.98 Å². The molecule has 27 heavy (non-hydrogen) atoms. The fourth-order valence-electron chi connectivity index (χ4n) is 3.79. The number of nitrogens with two attached hydrogens (primary N) is 1. The molecule has 3 aromatic rings. The summed E-state index contributed by atoms with van der Waals surface area (Å²) in [6, 6.07) is 13.1. The van der Waals surface area contributed by atoms with Gasteiger partial charge in [0.25, 0.3) is 5.56 Å². The van der Waals surface area contributed by atoms with Crippen LogP contribution in [-0.2, 0) is 6.42 Å². The maximum absolute atomic E-state index is 12.6. The number of aromatic amines is 1. The van der Waals surface area contributed by atoms with Crippen molar-refractivity contribution in [2.75, 3.05) is 6.54 Å². The molecule has 0 unspecified atom stereocenters. The summed E-state index contributed by atoms with van der Waals surface area (Å²) in [6.45, 7) is 4.73. The summed E-state index contributed by atoms with van der Waals surface area (Å²) in [4.78, 5) is 27.5. The molecule has 0 saturated carbocycles. The maximum Gasteiger partial charge on any atom is 0.335 e. The molecule has 0 fully saturated rings. The fourth-order valence-corrected chi connectivity index (χ4v) is 3.79. The topological polar surface area (TPSA) is 91.7 Å². The standard InChI is InChI=1S/C21H21N3O3/c1-12-7-8-15(11-13(12)2)24-20(26)17(19(25)23-21(24)27)18-16-6-4-3-5-14(16)9-10-22-18/h3-8,11,18,22,26H,9-10H2,1-2H3,(H,23,25,27)/p+1/t18-/m0/s1. The van der Waals surface area contributed by atoms with Gasteiger partial charge in [-0.05, 0) is 42.7 Å². The molecular weight excluding hydrogens is 342 g/mol. The van der Waals surface area contributed by atoms with Crippen LogP contribution in [0.25, 0.3) is 5.69 Å². The second kappa shape index (κ2) is 6.55. The third kappa shape index (κ3) is 2.88. The third-order valence-corrected chi connectivity index (χ3v) is 5.39. The number of aryl methyl sites for hydroxylation is 2. The quantitative estimate of drug-likeness (QED) is 0.635. The zero-order chi connectivity index (χ0) is 19.1. The molecule has 0 radical (unpaired) electrons. The molecule has 0 bridgehead atoms. The van der Waals surface area contributed by atoms with Crippen LogP contribution in [0.2, 0.25) is 0 Å². The van der Waals surface area contributed by atoms with Crippen molar-refractivity contribution < 1.29 is 10.4 Å². The first kappa shape index (κ1) is 17.3. The number of benzene rings is 2. The first-order valence-electron chi connectivity index (χ1n) is 9.04. The Morgan fingerprint density at radius 2 is 1.89 bits per heavy atom. The van der Waals surface area contributed by atoms with Gasteiger partial charge in [0.2, 0.25) is 5.88 Å². The van der Waals surface area contributed by atoms with Crippen molar-refractivity contribution in [2.24, 2.45) is 0 Å². The lowest BCUT2D eigenvalue weighted by Gasteiger charge is -2.24. The molecule has 4 rings (SSSR count). The number of quaternary nitrogens is 1. The Labute approximate surface area is 156 Å². The Morgan fingerprint density at radius 3 is 2.67 bits per heavy atom. The molecule has 1 aliphatic heterocycles. The van der Waals surface area contributed by atoms with Crippen LogP contribution in [0.15, 0.2) is 52.1 Å². The zero-order valence-corrected chi connectivity index (χ0v) is 15.3. The highest BCUT2D eigenvalue weighted by atomic mass is 16.3. The molecule has 1 aliphatic rings. The van der Waals surface area contributed by atoms with E-state index in [9.17, 15) is 14.7 Å². The van der Waals surface area contributed by atoms with Crippen LogP contribution in [0.1, 0.15) is 33.9 Å². The van der Waals surface area contributed by atoms with E-state index in [1.165, 1.54) is 4.57 Å². The van der Waals surface area contributed by atoms with E-state index in [0.717, 1.165) is 35.2 Å². The van der Waals surface area contributed by atoms with Gasteiger partial charge in [-0.25, -0.2) is 9.36 Å². The van der Waals surface area contributed by atoms with Crippen LogP contribution in [0.4, 0.5) is 0 Å². The van der Waals surface area contributed by atoms with Gasteiger partial charge in [0.05, 0.1) is 12.2 Å². The molecule has 6 nitrogen and oxygen atoms in total. The molecule has 1 aromatic heterocycles. The molecule has 6 heteroatoms. The van der Waals surface area contributed by atoms with Crippen molar-refractivity contribution in [3.63, 3.8) is 0 Å². The summed E-state index contributed by atoms with van der Waals surface area (Å²) in [7, 11) is 0. The van der Waals surface area contributed by atoms with Crippen LogP contribution < -0.4 is 16.6 Å². The maximum atomic E-state index is 12.6. The Kier molecular flexibility index (Phi) is 4.20. The summed E-state index contributed by atoms with van der Waals surface area (Å²) >= 11 is 0. The average Bonchev–Trinajstić information content (AvgIpc) is 2.64. The van der Waals surface area contributed by atoms with Crippen LogP contribution in [-0.4, -0.2) is 21.2 Å². The van der Waals surface area contributed by atoms with E-state index in [1.54, 1.807) is 6.07 Å². The largest absolute Gasteiger partial charge is 0.494 e. The lowest BCUT2D eigenvalue weighted by molar-refractivity contribution is -0.690. The Hall–Kier alpha value is -3.12. The number of hydrogen-bond donors (Lipinski definition) is 3. The number of H-pyrrole nitrogens is 1. The van der Waals surface area contributed by atoms with E-state index in [4.69, 9.17) is 0 Å². The van der Waals surface area contributed by atoms with Crippen LogP contribution in [0, 0.1) is 13.8 Å². The SMILES string of the molecule is Cc1ccc(-n2c(O)c([C@H]3[NH2+]CCc4ccccc43)c(=O)[nH]c2=O)cc1C. The molecule has 2 aromatic carbocycles. The number of nitrogens with one attached hydrogen (secondary N) is 1. The van der Waals surface area contributed by atoms with Gasteiger partial charge in [0.1, 0.15) is 11.6 Å². The Morgan fingerprint density at radius 1 is 1.11 bits per heavy atom. The van der Waals surface area contributed by atoms with Crippen LogP contribution in [0.5, 0.6) is 5.88 Å². The van der Waals surface area contributed by atoms with E-state index in [-0.39, 0.29) is 17.5 Å². The van der Waals surface area contributed by atoms with Crippen molar-refractivity contribution in [3.05, 3.63) is 91.1 Å². The molecule has 1 atom stereocenters. The van der Waals surface area contributed by atoms with Gasteiger partial charge in [-0.2, -0.15) is 0 Å². The van der Waals surface area contributed by atoms with Crippen molar-refractivity contribution in [1.29, 1.82) is 0 Å². The normalized spacial score (nSPS) is 16.1. The Bertz CT molecular complexity index is 1140. The van der Waals surface area contributed by atoms with Crippen LogP contribution >= 0.6 is 0 Å². The molecule has 0 saturated heterocycles. The molecule has 0 aliphatic carbocycles. The second-order valence-corrected chi connectivity index (χ2v) is 7.05. The van der Waals surface area contributed by atoms with Gasteiger partial charge in [-0.3, -0.25) is 9.78 Å². The number of hydrogen-bond acceptors (Lipinski definition) is 3. The minimum Gasteiger partial charge on any atom is -0.494 e. The number of aromatic hydroxyl groups is 1. The van der Waals surface area contributed by atoms with Gasteiger partial charge in [0.15, 0.2) is 0 Å². The van der Waals surface area contributed by atoms with Crippen molar-refractivity contribution in [1.82, 2.24) is 9.55 Å². The predicted octanol–water partition coefficient (Wildman–Crippen LogP) is 1.06. The van der Waals surface area contributed by atoms with E-state index in [1.807, 2.05) is 55.6 Å². The molecule has 0 spiro atoms. The summed E-state index contributed by atoms with van der Waals surface area (Å²) in [5.41, 5.74) is 3.79. The summed E-state index contributed by atoms with van der Waals surface area (Å²) in [6.07, 6.45) is 0.905. The molecule has 4 N–H and O–H groups in total. The lowest BCUT2D eigenvalue weighted by atomic mass is 9.90. The number of aromatic nitrogens is 2. The van der Waals surface area contributed by atoms with Crippen molar-refractivity contribution in [2.45, 2.75) is 26.3 Å². The molecule has 138 valence electrons. The molecule has 2 heterocycles. The Balaban J connectivity index is 1.95. The monoisotopic (exact) mass is 364 g/mol. The van der Waals surface area contributed by atoms with E-state index < -0.39 is 11.2 Å². The van der Waals surface area contributed by atoms with Crippen molar-refractivity contribution in [3.8, 4) is 11.6 Å². The highest BCUT2D eigenvalue weighted by Crippen LogP contribution is 2.28. The van der Waals surface area contributed by atoms with Gasteiger partial charge < -0.3 is 10.4 Å².